The molecule has 2 aliphatic rings. The maximum Gasteiger partial charge on any atom is 0.248 e. The van der Waals surface area contributed by atoms with Crippen LogP contribution in [0.5, 0.6) is 0 Å². The Labute approximate surface area is 141 Å². The molecule has 0 saturated carbocycles. The summed E-state index contributed by atoms with van der Waals surface area (Å²) in [4.78, 5) is 28.6. The minimum absolute atomic E-state index is 0.0529. The smallest absolute Gasteiger partial charge is 0.248 e. The second kappa shape index (κ2) is 6.89. The molecule has 0 radical (unpaired) electrons. The van der Waals surface area contributed by atoms with Gasteiger partial charge in [-0.25, -0.2) is 4.39 Å². The Balaban J connectivity index is 1.69. The van der Waals surface area contributed by atoms with Crippen LogP contribution in [-0.2, 0) is 20.9 Å². The first-order chi connectivity index (χ1) is 11.5. The lowest BCUT2D eigenvalue weighted by molar-refractivity contribution is -0.145. The van der Waals surface area contributed by atoms with Gasteiger partial charge >= 0.3 is 0 Å². The van der Waals surface area contributed by atoms with Gasteiger partial charge in [-0.3, -0.25) is 9.59 Å². The molecule has 1 atom stereocenters. The Morgan fingerprint density at radius 3 is 2.92 bits per heavy atom. The van der Waals surface area contributed by atoms with Crippen LogP contribution in [0.4, 0.5) is 4.39 Å². The Kier molecular flexibility index (Phi) is 4.85. The number of carbonyl (C=O) groups excluding carboxylic acids is 2. The van der Waals surface area contributed by atoms with E-state index in [4.69, 9.17) is 4.74 Å². The summed E-state index contributed by atoms with van der Waals surface area (Å²) in [7, 11) is 1.50. The minimum Gasteiger partial charge on any atom is -0.375 e. The average Bonchev–Trinajstić information content (AvgIpc) is 2.85. The second-order valence-corrected chi connectivity index (χ2v) is 6.74. The molecule has 2 saturated heterocycles. The normalized spacial score (nSPS) is 24.0. The molecule has 6 heteroatoms. The molecule has 0 aliphatic carbocycles. The molecule has 130 valence electrons. The van der Waals surface area contributed by atoms with E-state index in [9.17, 15) is 14.0 Å². The molecule has 2 fully saturated rings. The van der Waals surface area contributed by atoms with Crippen LogP contribution in [0.1, 0.15) is 24.8 Å². The molecule has 0 N–H and O–H groups in total. The van der Waals surface area contributed by atoms with Gasteiger partial charge in [0.05, 0.1) is 5.41 Å². The van der Waals surface area contributed by atoms with Gasteiger partial charge in [0.1, 0.15) is 12.4 Å². The molecular formula is C18H23FN2O3. The maximum atomic E-state index is 13.3. The van der Waals surface area contributed by atoms with Crippen LogP contribution in [0, 0.1) is 11.2 Å². The summed E-state index contributed by atoms with van der Waals surface area (Å²) in [6.07, 6.45) is 2.38. The monoisotopic (exact) mass is 334 g/mol. The van der Waals surface area contributed by atoms with E-state index in [0.29, 0.717) is 26.2 Å². The highest BCUT2D eigenvalue weighted by Crippen LogP contribution is 2.40. The molecule has 2 heterocycles. The Morgan fingerprint density at radius 2 is 2.17 bits per heavy atom. The number of halogens is 1. The van der Waals surface area contributed by atoms with E-state index >= 15 is 0 Å². The van der Waals surface area contributed by atoms with E-state index < -0.39 is 5.41 Å². The van der Waals surface area contributed by atoms with Crippen molar-refractivity contribution in [1.29, 1.82) is 0 Å². The Hall–Kier alpha value is -1.95. The number of hydrogen-bond acceptors (Lipinski definition) is 3. The summed E-state index contributed by atoms with van der Waals surface area (Å²) in [5.74, 6) is -0.266. The third-order valence-electron chi connectivity index (χ3n) is 5.06. The standard InChI is InChI=1S/C18H23FN2O3/c1-24-12-16(22)21-8-3-6-18(13-21)7-9-20(17(18)23)11-14-4-2-5-15(19)10-14/h2,4-5,10H,3,6-9,11-13H2,1H3. The van der Waals surface area contributed by atoms with E-state index in [0.717, 1.165) is 24.8 Å². The van der Waals surface area contributed by atoms with Crippen molar-refractivity contribution < 1.29 is 18.7 Å². The fraction of sp³-hybridized carbons (Fsp3) is 0.556. The molecule has 1 aromatic rings. The van der Waals surface area contributed by atoms with Crippen molar-refractivity contribution in [3.05, 3.63) is 35.6 Å². The predicted octanol–water partition coefficient (Wildman–Crippen LogP) is 1.81. The molecule has 0 bridgehead atoms. The zero-order chi connectivity index (χ0) is 17.2. The molecular weight excluding hydrogens is 311 g/mol. The summed E-state index contributed by atoms with van der Waals surface area (Å²) in [5, 5.41) is 0. The predicted molar refractivity (Wildman–Crippen MR) is 86.6 cm³/mol. The van der Waals surface area contributed by atoms with E-state index in [1.807, 2.05) is 6.07 Å². The molecule has 1 spiro atoms. The van der Waals surface area contributed by atoms with E-state index in [1.54, 1.807) is 15.9 Å². The lowest BCUT2D eigenvalue weighted by atomic mass is 9.78. The molecule has 1 aromatic carbocycles. The van der Waals surface area contributed by atoms with Crippen LogP contribution in [0.2, 0.25) is 0 Å². The van der Waals surface area contributed by atoms with Gasteiger partial charge in [0.25, 0.3) is 0 Å². The van der Waals surface area contributed by atoms with Crippen LogP contribution in [0.25, 0.3) is 0 Å². The highest BCUT2D eigenvalue weighted by atomic mass is 19.1. The number of piperidine rings is 1. The summed E-state index contributed by atoms with van der Waals surface area (Å²) in [5.41, 5.74) is 0.318. The van der Waals surface area contributed by atoms with Crippen molar-refractivity contribution >= 4 is 11.8 Å². The summed E-state index contributed by atoms with van der Waals surface area (Å²) in [6, 6.07) is 6.36. The third-order valence-corrected chi connectivity index (χ3v) is 5.06. The van der Waals surface area contributed by atoms with E-state index in [2.05, 4.69) is 0 Å². The van der Waals surface area contributed by atoms with Crippen LogP contribution in [0.3, 0.4) is 0 Å². The Bertz CT molecular complexity index is 636. The number of likely N-dealkylation sites (tertiary alicyclic amines) is 2. The fourth-order valence-electron chi connectivity index (χ4n) is 3.84. The van der Waals surface area contributed by atoms with Crippen molar-refractivity contribution in [3.8, 4) is 0 Å². The van der Waals surface area contributed by atoms with Crippen LogP contribution >= 0.6 is 0 Å². The second-order valence-electron chi connectivity index (χ2n) is 6.74. The average molecular weight is 334 g/mol. The van der Waals surface area contributed by atoms with Crippen molar-refractivity contribution in [1.82, 2.24) is 9.80 Å². The van der Waals surface area contributed by atoms with E-state index in [-0.39, 0.29) is 24.2 Å². The van der Waals surface area contributed by atoms with Crippen molar-refractivity contribution in [2.75, 3.05) is 33.4 Å². The first-order valence-corrected chi connectivity index (χ1v) is 8.35. The lowest BCUT2D eigenvalue weighted by Gasteiger charge is -2.39. The Morgan fingerprint density at radius 1 is 1.33 bits per heavy atom. The van der Waals surface area contributed by atoms with Crippen molar-refractivity contribution in [3.63, 3.8) is 0 Å². The molecule has 3 rings (SSSR count). The number of ether oxygens (including phenoxy) is 1. The van der Waals surface area contributed by atoms with Gasteiger partial charge < -0.3 is 14.5 Å². The maximum absolute atomic E-state index is 13.3. The lowest BCUT2D eigenvalue weighted by Crippen LogP contribution is -2.50. The molecule has 1 unspecified atom stereocenters. The SMILES string of the molecule is COCC(=O)N1CCCC2(CCN(Cc3cccc(F)c3)C2=O)C1. The highest BCUT2D eigenvalue weighted by molar-refractivity contribution is 5.86. The van der Waals surface area contributed by atoms with Gasteiger partial charge in [-0.2, -0.15) is 0 Å². The summed E-state index contributed by atoms with van der Waals surface area (Å²) in [6.45, 7) is 2.28. The first-order valence-electron chi connectivity index (χ1n) is 8.35. The fourth-order valence-corrected chi connectivity index (χ4v) is 3.84. The molecule has 5 nitrogen and oxygen atoms in total. The van der Waals surface area contributed by atoms with Crippen molar-refractivity contribution in [2.45, 2.75) is 25.8 Å². The van der Waals surface area contributed by atoms with Gasteiger partial charge in [-0.05, 0) is 37.0 Å². The number of carbonyl (C=O) groups is 2. The van der Waals surface area contributed by atoms with Crippen LogP contribution < -0.4 is 0 Å². The van der Waals surface area contributed by atoms with Gasteiger partial charge in [0.15, 0.2) is 0 Å². The quantitative estimate of drug-likeness (QED) is 0.844. The third kappa shape index (κ3) is 3.29. The van der Waals surface area contributed by atoms with Gasteiger partial charge in [-0.1, -0.05) is 12.1 Å². The largest absolute Gasteiger partial charge is 0.375 e. The molecule has 2 aliphatic heterocycles. The number of benzene rings is 1. The first kappa shape index (κ1) is 16.9. The number of rotatable bonds is 4. The molecule has 24 heavy (non-hydrogen) atoms. The summed E-state index contributed by atoms with van der Waals surface area (Å²) >= 11 is 0. The highest BCUT2D eigenvalue weighted by Gasteiger charge is 2.49. The summed E-state index contributed by atoms with van der Waals surface area (Å²) < 4.78 is 18.3. The van der Waals surface area contributed by atoms with Gasteiger partial charge in [0, 0.05) is 33.3 Å². The van der Waals surface area contributed by atoms with Crippen LogP contribution in [0.15, 0.2) is 24.3 Å². The number of amides is 2. The van der Waals surface area contributed by atoms with Crippen molar-refractivity contribution in [2.24, 2.45) is 5.41 Å². The number of methoxy groups -OCH3 is 1. The zero-order valence-electron chi connectivity index (χ0n) is 14.0. The van der Waals surface area contributed by atoms with Crippen LogP contribution in [-0.4, -0.2) is 55.0 Å². The zero-order valence-corrected chi connectivity index (χ0v) is 14.0. The topological polar surface area (TPSA) is 49.9 Å². The molecule has 0 aromatic heterocycles. The minimum atomic E-state index is -0.477. The van der Waals surface area contributed by atoms with E-state index in [1.165, 1.54) is 19.2 Å². The number of nitrogens with zero attached hydrogens (tertiary/aromatic N) is 2. The van der Waals surface area contributed by atoms with Gasteiger partial charge in [0.2, 0.25) is 11.8 Å². The number of hydrogen-bond donors (Lipinski definition) is 0. The van der Waals surface area contributed by atoms with Gasteiger partial charge in [-0.15, -0.1) is 0 Å². The molecule has 2 amide bonds.